The zero-order chi connectivity index (χ0) is 15.4. The molecule has 1 unspecified atom stereocenters. The van der Waals surface area contributed by atoms with E-state index in [1.807, 2.05) is 0 Å². The van der Waals surface area contributed by atoms with Crippen molar-refractivity contribution in [2.24, 2.45) is 0 Å². The van der Waals surface area contributed by atoms with Gasteiger partial charge in [-0.05, 0) is 41.1 Å². The van der Waals surface area contributed by atoms with E-state index in [0.717, 1.165) is 6.07 Å². The van der Waals surface area contributed by atoms with Crippen molar-refractivity contribution in [3.63, 3.8) is 0 Å². The first kappa shape index (κ1) is 15.4. The molecule has 2 aromatic carbocycles. The molecule has 0 amide bonds. The van der Waals surface area contributed by atoms with Gasteiger partial charge in [0, 0.05) is 10.0 Å². The first-order chi connectivity index (χ1) is 9.99. The molecule has 0 heterocycles. The van der Waals surface area contributed by atoms with Crippen LogP contribution in [0.4, 0.5) is 4.39 Å². The molecule has 0 fully saturated rings. The third kappa shape index (κ3) is 3.76. The standard InChI is InChI=1S/C16H12BrFO3/c1-10(15(19)11-5-3-2-4-6-11)21-16(20)13-9-12(18)7-8-14(13)17/h2-10H,1H3. The Morgan fingerprint density at radius 2 is 1.81 bits per heavy atom. The van der Waals surface area contributed by atoms with Crippen molar-refractivity contribution in [3.05, 3.63) is 69.9 Å². The number of ketones is 1. The average Bonchev–Trinajstić information content (AvgIpc) is 2.49. The largest absolute Gasteiger partial charge is 0.451 e. The zero-order valence-electron chi connectivity index (χ0n) is 11.2. The third-order valence-electron chi connectivity index (χ3n) is 2.86. The number of esters is 1. The maximum Gasteiger partial charge on any atom is 0.340 e. The molecule has 1 atom stereocenters. The number of Topliss-reactive ketones (excluding diaryl/α,β-unsaturated/α-hetero) is 1. The van der Waals surface area contributed by atoms with Crippen LogP contribution in [0.5, 0.6) is 0 Å². The molecule has 0 bridgehead atoms. The first-order valence-corrected chi connectivity index (χ1v) is 7.03. The van der Waals surface area contributed by atoms with Gasteiger partial charge in [0.25, 0.3) is 0 Å². The number of ether oxygens (including phenoxy) is 1. The van der Waals surface area contributed by atoms with Gasteiger partial charge in [-0.25, -0.2) is 9.18 Å². The SMILES string of the molecule is CC(OC(=O)c1cc(F)ccc1Br)C(=O)c1ccccc1. The van der Waals surface area contributed by atoms with Crippen molar-refractivity contribution in [2.45, 2.75) is 13.0 Å². The van der Waals surface area contributed by atoms with Crippen LogP contribution in [0.2, 0.25) is 0 Å². The van der Waals surface area contributed by atoms with Crippen LogP contribution >= 0.6 is 15.9 Å². The van der Waals surface area contributed by atoms with Gasteiger partial charge in [0.1, 0.15) is 5.82 Å². The topological polar surface area (TPSA) is 43.4 Å². The second-order valence-corrected chi connectivity index (χ2v) is 5.26. The molecule has 2 rings (SSSR count). The lowest BCUT2D eigenvalue weighted by molar-refractivity contribution is 0.0317. The minimum atomic E-state index is -0.949. The fourth-order valence-electron chi connectivity index (χ4n) is 1.77. The number of benzene rings is 2. The Kier molecular flexibility index (Phi) is 4.85. The van der Waals surface area contributed by atoms with Crippen molar-refractivity contribution < 1.29 is 18.7 Å². The minimum absolute atomic E-state index is 0.0442. The van der Waals surface area contributed by atoms with Gasteiger partial charge >= 0.3 is 5.97 Å². The molecule has 0 radical (unpaired) electrons. The highest BCUT2D eigenvalue weighted by Gasteiger charge is 2.21. The van der Waals surface area contributed by atoms with Gasteiger partial charge in [-0.3, -0.25) is 4.79 Å². The minimum Gasteiger partial charge on any atom is -0.451 e. The van der Waals surface area contributed by atoms with Crippen LogP contribution in [0.25, 0.3) is 0 Å². The molecule has 0 aromatic heterocycles. The number of halogens is 2. The molecular weight excluding hydrogens is 339 g/mol. The average molecular weight is 351 g/mol. The molecule has 0 aliphatic rings. The van der Waals surface area contributed by atoms with E-state index in [0.29, 0.717) is 10.0 Å². The lowest BCUT2D eigenvalue weighted by atomic mass is 10.1. The molecule has 0 saturated carbocycles. The van der Waals surface area contributed by atoms with Crippen LogP contribution in [-0.4, -0.2) is 17.9 Å². The van der Waals surface area contributed by atoms with Crippen LogP contribution < -0.4 is 0 Å². The van der Waals surface area contributed by atoms with Crippen LogP contribution in [-0.2, 0) is 4.74 Å². The van der Waals surface area contributed by atoms with Crippen LogP contribution in [0, 0.1) is 5.82 Å². The Morgan fingerprint density at radius 3 is 2.48 bits per heavy atom. The Balaban J connectivity index is 2.12. The quantitative estimate of drug-likeness (QED) is 0.617. The van der Waals surface area contributed by atoms with E-state index in [9.17, 15) is 14.0 Å². The normalized spacial score (nSPS) is 11.8. The molecule has 108 valence electrons. The monoisotopic (exact) mass is 350 g/mol. The highest BCUT2D eigenvalue weighted by Crippen LogP contribution is 2.20. The lowest BCUT2D eigenvalue weighted by Crippen LogP contribution is -2.24. The summed E-state index contributed by atoms with van der Waals surface area (Å²) < 4.78 is 18.7. The van der Waals surface area contributed by atoms with Gasteiger partial charge < -0.3 is 4.74 Å². The van der Waals surface area contributed by atoms with Crippen LogP contribution in [0.3, 0.4) is 0 Å². The molecule has 0 aliphatic heterocycles. The molecule has 0 N–H and O–H groups in total. The number of carbonyl (C=O) groups excluding carboxylic acids is 2. The van der Waals surface area contributed by atoms with Crippen molar-refractivity contribution >= 4 is 27.7 Å². The van der Waals surface area contributed by atoms with Gasteiger partial charge in [0.05, 0.1) is 5.56 Å². The maximum absolute atomic E-state index is 13.2. The van der Waals surface area contributed by atoms with Crippen molar-refractivity contribution in [1.29, 1.82) is 0 Å². The Morgan fingerprint density at radius 1 is 1.14 bits per heavy atom. The summed E-state index contributed by atoms with van der Waals surface area (Å²) >= 11 is 3.15. The number of carbonyl (C=O) groups is 2. The van der Waals surface area contributed by atoms with E-state index < -0.39 is 17.9 Å². The molecule has 0 spiro atoms. The molecule has 2 aromatic rings. The highest BCUT2D eigenvalue weighted by atomic mass is 79.9. The summed E-state index contributed by atoms with van der Waals surface area (Å²) in [6.07, 6.45) is -0.949. The molecule has 21 heavy (non-hydrogen) atoms. The Hall–Kier alpha value is -2.01. The summed E-state index contributed by atoms with van der Waals surface area (Å²) in [7, 11) is 0. The smallest absolute Gasteiger partial charge is 0.340 e. The third-order valence-corrected chi connectivity index (χ3v) is 3.55. The molecule has 5 heteroatoms. The van der Waals surface area contributed by atoms with Gasteiger partial charge in [0.2, 0.25) is 5.78 Å². The number of hydrogen-bond acceptors (Lipinski definition) is 3. The summed E-state index contributed by atoms with van der Waals surface area (Å²) in [4.78, 5) is 24.1. The van der Waals surface area contributed by atoms with Crippen molar-refractivity contribution in [3.8, 4) is 0 Å². The predicted molar refractivity (Wildman–Crippen MR) is 79.8 cm³/mol. The Labute approximate surface area is 129 Å². The summed E-state index contributed by atoms with van der Waals surface area (Å²) in [5, 5.41) is 0. The van der Waals surface area contributed by atoms with E-state index in [4.69, 9.17) is 4.74 Å². The zero-order valence-corrected chi connectivity index (χ0v) is 12.8. The number of rotatable bonds is 4. The fourth-order valence-corrected chi connectivity index (χ4v) is 2.18. The van der Waals surface area contributed by atoms with E-state index >= 15 is 0 Å². The molecule has 0 aliphatic carbocycles. The van der Waals surface area contributed by atoms with Crippen molar-refractivity contribution in [2.75, 3.05) is 0 Å². The number of hydrogen-bond donors (Lipinski definition) is 0. The summed E-state index contributed by atoms with van der Waals surface area (Å²) in [5.74, 6) is -1.61. The first-order valence-electron chi connectivity index (χ1n) is 6.24. The van der Waals surface area contributed by atoms with Crippen molar-refractivity contribution in [1.82, 2.24) is 0 Å². The highest BCUT2D eigenvalue weighted by molar-refractivity contribution is 9.10. The van der Waals surface area contributed by atoms with Crippen LogP contribution in [0.1, 0.15) is 27.6 Å². The van der Waals surface area contributed by atoms with E-state index in [2.05, 4.69) is 15.9 Å². The predicted octanol–water partition coefficient (Wildman–Crippen LogP) is 4.02. The van der Waals surface area contributed by atoms with Crippen LogP contribution in [0.15, 0.2) is 53.0 Å². The maximum atomic E-state index is 13.2. The van der Waals surface area contributed by atoms with E-state index in [-0.39, 0.29) is 11.3 Å². The Bertz CT molecular complexity index is 670. The van der Waals surface area contributed by atoms with E-state index in [1.165, 1.54) is 19.1 Å². The van der Waals surface area contributed by atoms with E-state index in [1.54, 1.807) is 30.3 Å². The fraction of sp³-hybridized carbons (Fsp3) is 0.125. The second kappa shape index (κ2) is 6.63. The molecule has 3 nitrogen and oxygen atoms in total. The van der Waals surface area contributed by atoms with Gasteiger partial charge in [-0.2, -0.15) is 0 Å². The summed E-state index contributed by atoms with van der Waals surface area (Å²) in [6.45, 7) is 1.49. The van der Waals surface area contributed by atoms with Gasteiger partial charge in [-0.1, -0.05) is 30.3 Å². The van der Waals surface area contributed by atoms with Gasteiger partial charge in [-0.15, -0.1) is 0 Å². The summed E-state index contributed by atoms with van der Waals surface area (Å²) in [5.41, 5.74) is 0.499. The lowest BCUT2D eigenvalue weighted by Gasteiger charge is -2.13. The molecule has 0 saturated heterocycles. The summed E-state index contributed by atoms with van der Waals surface area (Å²) in [6, 6.07) is 12.2. The molecular formula is C16H12BrFO3. The second-order valence-electron chi connectivity index (χ2n) is 4.40. The van der Waals surface area contributed by atoms with Gasteiger partial charge in [0.15, 0.2) is 6.10 Å².